The summed E-state index contributed by atoms with van der Waals surface area (Å²) >= 11 is 5.12. The van der Waals surface area contributed by atoms with Crippen LogP contribution in [0.4, 0.5) is 0 Å². The Morgan fingerprint density at radius 3 is 2.05 bits per heavy atom. The number of nitrogens with two attached hydrogens (primary N) is 1. The molecular formula is C14H27N3O2S. The second kappa shape index (κ2) is 8.89. The molecule has 1 unspecified atom stereocenters. The van der Waals surface area contributed by atoms with Gasteiger partial charge in [-0.2, -0.15) is 0 Å². The summed E-state index contributed by atoms with van der Waals surface area (Å²) in [5.74, 6) is -0.446. The largest absolute Gasteiger partial charge is 0.392 e. The summed E-state index contributed by atoms with van der Waals surface area (Å²) in [5.41, 5.74) is 4.98. The second-order valence-corrected chi connectivity index (χ2v) is 5.48. The predicted molar refractivity (Wildman–Crippen MR) is 85.3 cm³/mol. The molecule has 6 heteroatoms. The van der Waals surface area contributed by atoms with Gasteiger partial charge in [-0.05, 0) is 26.7 Å². The minimum Gasteiger partial charge on any atom is -0.392 e. The average Bonchev–Trinajstić information content (AvgIpc) is 2.37. The van der Waals surface area contributed by atoms with Gasteiger partial charge in [0.15, 0.2) is 0 Å². The van der Waals surface area contributed by atoms with E-state index in [9.17, 15) is 9.59 Å². The van der Waals surface area contributed by atoms with Crippen LogP contribution in [0.5, 0.6) is 0 Å². The van der Waals surface area contributed by atoms with E-state index in [-0.39, 0.29) is 16.8 Å². The Hall–Kier alpha value is -1.17. The maximum atomic E-state index is 12.5. The number of thiocarbonyl (C=S) groups is 1. The third-order valence-electron chi connectivity index (χ3n) is 3.35. The van der Waals surface area contributed by atoms with Gasteiger partial charge in [-0.25, -0.2) is 0 Å². The number of rotatable bonds is 9. The fraction of sp³-hybridized carbons (Fsp3) is 0.786. The van der Waals surface area contributed by atoms with Gasteiger partial charge in [0.1, 0.15) is 6.04 Å². The van der Waals surface area contributed by atoms with Gasteiger partial charge < -0.3 is 16.4 Å². The van der Waals surface area contributed by atoms with Crippen LogP contribution in [0.2, 0.25) is 0 Å². The third kappa shape index (κ3) is 4.74. The smallest absolute Gasteiger partial charge is 0.242 e. The van der Waals surface area contributed by atoms with Crippen LogP contribution >= 0.6 is 12.2 Å². The standard InChI is InChI=1S/C14H27N3O2S/c1-5-8-14(9-6-2,12(15)20)13(19)17-10(4)11(18)16-7-3/h10H,5-9H2,1-4H3,(H2,15,20)(H,16,18)(H,17,19). The summed E-state index contributed by atoms with van der Waals surface area (Å²) < 4.78 is 0. The molecule has 2 amide bonds. The first-order valence-electron chi connectivity index (χ1n) is 7.24. The van der Waals surface area contributed by atoms with Crippen molar-refractivity contribution in [2.24, 2.45) is 11.1 Å². The Balaban J connectivity index is 5.04. The zero-order valence-corrected chi connectivity index (χ0v) is 13.7. The van der Waals surface area contributed by atoms with Crippen LogP contribution in [0.1, 0.15) is 53.4 Å². The lowest BCUT2D eigenvalue weighted by Gasteiger charge is -2.32. The van der Waals surface area contributed by atoms with E-state index in [1.807, 2.05) is 20.8 Å². The first kappa shape index (κ1) is 18.8. The van der Waals surface area contributed by atoms with E-state index < -0.39 is 11.5 Å². The molecule has 4 N–H and O–H groups in total. The van der Waals surface area contributed by atoms with Crippen LogP contribution in [-0.4, -0.2) is 29.4 Å². The third-order valence-corrected chi connectivity index (χ3v) is 3.74. The summed E-state index contributed by atoms with van der Waals surface area (Å²) in [4.78, 5) is 24.5. The monoisotopic (exact) mass is 301 g/mol. The van der Waals surface area contributed by atoms with Gasteiger partial charge in [0.2, 0.25) is 11.8 Å². The van der Waals surface area contributed by atoms with Crippen molar-refractivity contribution in [3.63, 3.8) is 0 Å². The molecule has 0 rings (SSSR count). The first-order chi connectivity index (χ1) is 9.35. The first-order valence-corrected chi connectivity index (χ1v) is 7.65. The fourth-order valence-corrected chi connectivity index (χ4v) is 2.59. The topological polar surface area (TPSA) is 84.2 Å². The molecule has 0 bridgehead atoms. The lowest BCUT2D eigenvalue weighted by Crippen LogP contribution is -2.54. The van der Waals surface area contributed by atoms with Crippen molar-refractivity contribution in [1.29, 1.82) is 0 Å². The minimum absolute atomic E-state index is 0.203. The van der Waals surface area contributed by atoms with Gasteiger partial charge in [0.05, 0.1) is 10.4 Å². The average molecular weight is 301 g/mol. The number of carbonyl (C=O) groups is 2. The highest BCUT2D eigenvalue weighted by Gasteiger charge is 2.40. The second-order valence-electron chi connectivity index (χ2n) is 5.04. The molecule has 0 heterocycles. The highest BCUT2D eigenvalue weighted by Crippen LogP contribution is 2.31. The van der Waals surface area contributed by atoms with Crippen molar-refractivity contribution in [3.8, 4) is 0 Å². The van der Waals surface area contributed by atoms with Gasteiger partial charge >= 0.3 is 0 Å². The Bertz CT molecular complexity index is 352. The number of hydrogen-bond donors (Lipinski definition) is 3. The quantitative estimate of drug-likeness (QED) is 0.564. The van der Waals surface area contributed by atoms with E-state index in [1.165, 1.54) is 0 Å². The fourth-order valence-electron chi connectivity index (χ4n) is 2.29. The highest BCUT2D eigenvalue weighted by molar-refractivity contribution is 7.80. The lowest BCUT2D eigenvalue weighted by molar-refractivity contribution is -0.132. The highest BCUT2D eigenvalue weighted by atomic mass is 32.1. The Kier molecular flexibility index (Phi) is 8.37. The zero-order chi connectivity index (χ0) is 15.8. The molecule has 0 aliphatic rings. The van der Waals surface area contributed by atoms with Crippen LogP contribution in [0.15, 0.2) is 0 Å². The van der Waals surface area contributed by atoms with E-state index in [1.54, 1.807) is 6.92 Å². The van der Waals surface area contributed by atoms with Crippen molar-refractivity contribution in [2.75, 3.05) is 6.54 Å². The molecular weight excluding hydrogens is 274 g/mol. The van der Waals surface area contributed by atoms with Crippen LogP contribution in [0, 0.1) is 5.41 Å². The number of amides is 2. The molecule has 0 aromatic carbocycles. The van der Waals surface area contributed by atoms with Gasteiger partial charge in [-0.15, -0.1) is 0 Å². The number of hydrogen-bond acceptors (Lipinski definition) is 3. The summed E-state index contributed by atoms with van der Waals surface area (Å²) in [7, 11) is 0. The molecule has 0 spiro atoms. The van der Waals surface area contributed by atoms with Gasteiger partial charge in [-0.3, -0.25) is 9.59 Å². The van der Waals surface area contributed by atoms with Crippen molar-refractivity contribution < 1.29 is 9.59 Å². The Morgan fingerprint density at radius 1 is 1.20 bits per heavy atom. The molecule has 20 heavy (non-hydrogen) atoms. The number of nitrogens with one attached hydrogen (secondary N) is 2. The maximum Gasteiger partial charge on any atom is 0.242 e. The van der Waals surface area contributed by atoms with Gasteiger partial charge in [-0.1, -0.05) is 38.9 Å². The molecule has 0 aromatic rings. The lowest BCUT2D eigenvalue weighted by atomic mass is 9.78. The van der Waals surface area contributed by atoms with Crippen LogP contribution in [0.3, 0.4) is 0 Å². The SMILES string of the molecule is CCCC(CCC)(C(=O)NC(C)C(=O)NCC)C(N)=S. The molecule has 0 fully saturated rings. The number of likely N-dealkylation sites (N-methyl/N-ethyl adjacent to an activating group) is 1. The molecule has 0 saturated heterocycles. The molecule has 0 saturated carbocycles. The van der Waals surface area contributed by atoms with E-state index in [4.69, 9.17) is 18.0 Å². The van der Waals surface area contributed by atoms with E-state index in [0.29, 0.717) is 19.4 Å². The Labute approximate surface area is 127 Å². The molecule has 0 aromatic heterocycles. The predicted octanol–water partition coefficient (Wildman–Crippen LogP) is 1.50. The molecule has 0 radical (unpaired) electrons. The van der Waals surface area contributed by atoms with E-state index >= 15 is 0 Å². The summed E-state index contributed by atoms with van der Waals surface area (Å²) in [5, 5.41) is 5.42. The summed E-state index contributed by atoms with van der Waals surface area (Å²) in [6, 6.07) is -0.593. The molecule has 116 valence electrons. The molecule has 0 aliphatic heterocycles. The van der Waals surface area contributed by atoms with Crippen molar-refractivity contribution >= 4 is 29.0 Å². The van der Waals surface area contributed by atoms with E-state index in [2.05, 4.69) is 10.6 Å². The molecule has 0 aliphatic carbocycles. The van der Waals surface area contributed by atoms with Crippen molar-refractivity contribution in [2.45, 2.75) is 59.4 Å². The Morgan fingerprint density at radius 2 is 1.70 bits per heavy atom. The van der Waals surface area contributed by atoms with Gasteiger partial charge in [0.25, 0.3) is 0 Å². The van der Waals surface area contributed by atoms with Crippen molar-refractivity contribution in [1.82, 2.24) is 10.6 Å². The minimum atomic E-state index is -0.848. The van der Waals surface area contributed by atoms with Crippen LogP contribution in [0.25, 0.3) is 0 Å². The van der Waals surface area contributed by atoms with Crippen LogP contribution in [-0.2, 0) is 9.59 Å². The molecule has 1 atom stereocenters. The van der Waals surface area contributed by atoms with E-state index in [0.717, 1.165) is 12.8 Å². The number of carbonyl (C=O) groups excluding carboxylic acids is 2. The van der Waals surface area contributed by atoms with Crippen molar-refractivity contribution in [3.05, 3.63) is 0 Å². The summed E-state index contributed by atoms with van der Waals surface area (Å²) in [6.45, 7) is 8.00. The van der Waals surface area contributed by atoms with Crippen LogP contribution < -0.4 is 16.4 Å². The molecule has 5 nitrogen and oxygen atoms in total. The van der Waals surface area contributed by atoms with Gasteiger partial charge in [0, 0.05) is 6.54 Å². The zero-order valence-electron chi connectivity index (χ0n) is 12.9. The maximum absolute atomic E-state index is 12.5. The summed E-state index contributed by atoms with van der Waals surface area (Å²) in [6.07, 6.45) is 2.81. The normalized spacial score (nSPS) is 12.6.